The molecule has 1 aromatic heterocycles. The summed E-state index contributed by atoms with van der Waals surface area (Å²) in [7, 11) is 3.60. The Bertz CT molecular complexity index is 724. The highest BCUT2D eigenvalue weighted by atomic mass is 35.5. The zero-order valence-electron chi connectivity index (χ0n) is 15.4. The smallest absolute Gasteiger partial charge is 0.276 e. The summed E-state index contributed by atoms with van der Waals surface area (Å²) in [6.07, 6.45) is 2.05. The standard InChI is InChI=1S/C18H25N5O2.ClH/c1-13-17(18(24)22-10-8-14(9-11-22)12-19-2)20-21-23(13)15-4-6-16(25-3)7-5-15;/h4-7,14,19H,8-12H2,1-3H3;1H. The summed E-state index contributed by atoms with van der Waals surface area (Å²) in [5.74, 6) is 1.40. The van der Waals surface area contributed by atoms with E-state index in [-0.39, 0.29) is 18.3 Å². The molecule has 0 saturated carbocycles. The van der Waals surface area contributed by atoms with E-state index in [2.05, 4.69) is 15.6 Å². The molecule has 0 unspecified atom stereocenters. The first kappa shape index (κ1) is 20.2. The van der Waals surface area contributed by atoms with Gasteiger partial charge in [-0.1, -0.05) is 5.21 Å². The SMILES string of the molecule is CNCC1CCN(C(=O)c2nnn(-c3ccc(OC)cc3)c2C)CC1.Cl. The molecule has 3 rings (SSSR count). The van der Waals surface area contributed by atoms with E-state index in [1.807, 2.05) is 43.1 Å². The van der Waals surface area contributed by atoms with Gasteiger partial charge < -0.3 is 15.0 Å². The number of amides is 1. The Morgan fingerprint density at radius 3 is 2.50 bits per heavy atom. The first-order valence-electron chi connectivity index (χ1n) is 8.64. The van der Waals surface area contributed by atoms with Crippen LogP contribution in [0.5, 0.6) is 5.75 Å². The average Bonchev–Trinajstić information content (AvgIpc) is 3.03. The predicted molar refractivity (Wildman–Crippen MR) is 102 cm³/mol. The molecule has 0 bridgehead atoms. The lowest BCUT2D eigenvalue weighted by Gasteiger charge is -2.31. The van der Waals surface area contributed by atoms with Gasteiger partial charge in [0.05, 0.1) is 18.5 Å². The van der Waals surface area contributed by atoms with Gasteiger partial charge in [0.1, 0.15) is 5.75 Å². The summed E-state index contributed by atoms with van der Waals surface area (Å²) < 4.78 is 6.87. The number of rotatable bonds is 5. The number of piperidine rings is 1. The largest absolute Gasteiger partial charge is 0.497 e. The quantitative estimate of drug-likeness (QED) is 0.861. The fourth-order valence-corrected chi connectivity index (χ4v) is 3.27. The molecule has 1 saturated heterocycles. The number of halogens is 1. The van der Waals surface area contributed by atoms with Crippen molar-refractivity contribution in [3.05, 3.63) is 35.7 Å². The summed E-state index contributed by atoms with van der Waals surface area (Å²) in [6, 6.07) is 7.53. The highest BCUT2D eigenvalue weighted by molar-refractivity contribution is 5.93. The Labute approximate surface area is 160 Å². The Kier molecular flexibility index (Phi) is 6.99. The van der Waals surface area contributed by atoms with E-state index in [4.69, 9.17) is 4.74 Å². The van der Waals surface area contributed by atoms with Crippen LogP contribution in [-0.2, 0) is 0 Å². The number of ether oxygens (including phenoxy) is 1. The molecule has 0 aliphatic carbocycles. The van der Waals surface area contributed by atoms with E-state index in [0.29, 0.717) is 11.6 Å². The van der Waals surface area contributed by atoms with Crippen molar-refractivity contribution in [1.82, 2.24) is 25.2 Å². The van der Waals surface area contributed by atoms with Gasteiger partial charge in [-0.25, -0.2) is 4.68 Å². The molecular formula is C18H26ClN5O2. The van der Waals surface area contributed by atoms with Crippen LogP contribution in [0.15, 0.2) is 24.3 Å². The van der Waals surface area contributed by atoms with Gasteiger partial charge in [-0.15, -0.1) is 17.5 Å². The van der Waals surface area contributed by atoms with Crippen LogP contribution in [0.25, 0.3) is 5.69 Å². The van der Waals surface area contributed by atoms with Crippen molar-refractivity contribution in [2.45, 2.75) is 19.8 Å². The fraction of sp³-hybridized carbons (Fsp3) is 0.500. The average molecular weight is 380 g/mol. The van der Waals surface area contributed by atoms with Crippen LogP contribution in [0.2, 0.25) is 0 Å². The van der Waals surface area contributed by atoms with Gasteiger partial charge in [0.25, 0.3) is 5.91 Å². The van der Waals surface area contributed by atoms with Crippen molar-refractivity contribution in [2.75, 3.05) is 33.8 Å². The van der Waals surface area contributed by atoms with Crippen molar-refractivity contribution in [3.8, 4) is 11.4 Å². The van der Waals surface area contributed by atoms with Crippen molar-refractivity contribution >= 4 is 18.3 Å². The molecule has 0 radical (unpaired) electrons. The van der Waals surface area contributed by atoms with Gasteiger partial charge in [0, 0.05) is 13.1 Å². The van der Waals surface area contributed by atoms with Crippen LogP contribution in [0.3, 0.4) is 0 Å². The summed E-state index contributed by atoms with van der Waals surface area (Å²) >= 11 is 0. The molecule has 1 aliphatic heterocycles. The van der Waals surface area contributed by atoms with Crippen molar-refractivity contribution in [1.29, 1.82) is 0 Å². The molecular weight excluding hydrogens is 354 g/mol. The number of benzene rings is 1. The Morgan fingerprint density at radius 1 is 1.27 bits per heavy atom. The van der Waals surface area contributed by atoms with E-state index in [9.17, 15) is 4.79 Å². The van der Waals surface area contributed by atoms with Crippen LogP contribution < -0.4 is 10.1 Å². The van der Waals surface area contributed by atoms with Gasteiger partial charge in [0.2, 0.25) is 0 Å². The predicted octanol–water partition coefficient (Wildman–Crippen LogP) is 2.08. The maximum absolute atomic E-state index is 12.8. The summed E-state index contributed by atoms with van der Waals surface area (Å²) in [5, 5.41) is 11.5. The lowest BCUT2D eigenvalue weighted by Crippen LogP contribution is -2.40. The van der Waals surface area contributed by atoms with E-state index < -0.39 is 0 Å². The van der Waals surface area contributed by atoms with Gasteiger partial charge in [-0.2, -0.15) is 0 Å². The monoisotopic (exact) mass is 379 g/mol. The second-order valence-corrected chi connectivity index (χ2v) is 6.43. The summed E-state index contributed by atoms with van der Waals surface area (Å²) in [4.78, 5) is 14.7. The van der Waals surface area contributed by atoms with E-state index >= 15 is 0 Å². The number of hydrogen-bond donors (Lipinski definition) is 1. The molecule has 0 spiro atoms. The number of likely N-dealkylation sites (tertiary alicyclic amines) is 1. The van der Waals surface area contributed by atoms with Gasteiger partial charge in [-0.05, 0) is 63.5 Å². The number of methoxy groups -OCH3 is 1. The van der Waals surface area contributed by atoms with Gasteiger partial charge >= 0.3 is 0 Å². The maximum atomic E-state index is 12.8. The van der Waals surface area contributed by atoms with Crippen LogP contribution >= 0.6 is 12.4 Å². The third-order valence-corrected chi connectivity index (χ3v) is 4.81. The van der Waals surface area contributed by atoms with Crippen LogP contribution in [-0.4, -0.2) is 59.6 Å². The molecule has 26 heavy (non-hydrogen) atoms. The fourth-order valence-electron chi connectivity index (χ4n) is 3.27. The van der Waals surface area contributed by atoms with E-state index in [0.717, 1.165) is 49.6 Å². The number of nitrogens with one attached hydrogen (secondary N) is 1. The highest BCUT2D eigenvalue weighted by Gasteiger charge is 2.27. The normalized spacial score (nSPS) is 14.8. The zero-order valence-corrected chi connectivity index (χ0v) is 16.3. The molecule has 1 fully saturated rings. The minimum Gasteiger partial charge on any atom is -0.497 e. The number of carbonyl (C=O) groups excluding carboxylic acids is 1. The molecule has 1 aromatic carbocycles. The molecule has 2 aromatic rings. The molecule has 1 N–H and O–H groups in total. The lowest BCUT2D eigenvalue weighted by atomic mass is 9.96. The number of carbonyl (C=O) groups is 1. The first-order chi connectivity index (χ1) is 12.1. The molecule has 1 aliphatic rings. The second-order valence-electron chi connectivity index (χ2n) is 6.43. The topological polar surface area (TPSA) is 72.3 Å². The molecule has 2 heterocycles. The number of hydrogen-bond acceptors (Lipinski definition) is 5. The maximum Gasteiger partial charge on any atom is 0.276 e. The molecule has 7 nitrogen and oxygen atoms in total. The Balaban J connectivity index is 0.00000243. The first-order valence-corrected chi connectivity index (χ1v) is 8.64. The summed E-state index contributed by atoms with van der Waals surface area (Å²) in [6.45, 7) is 4.44. The number of aromatic nitrogens is 3. The summed E-state index contributed by atoms with van der Waals surface area (Å²) in [5.41, 5.74) is 2.05. The van der Waals surface area contributed by atoms with Crippen LogP contribution in [0.1, 0.15) is 29.0 Å². The van der Waals surface area contributed by atoms with Crippen molar-refractivity contribution in [3.63, 3.8) is 0 Å². The number of nitrogens with zero attached hydrogens (tertiary/aromatic N) is 4. The van der Waals surface area contributed by atoms with Gasteiger partial charge in [-0.3, -0.25) is 4.79 Å². The van der Waals surface area contributed by atoms with Gasteiger partial charge in [0.15, 0.2) is 5.69 Å². The molecule has 8 heteroatoms. The van der Waals surface area contributed by atoms with E-state index in [1.165, 1.54) is 0 Å². The third-order valence-electron chi connectivity index (χ3n) is 4.81. The van der Waals surface area contributed by atoms with Crippen molar-refractivity contribution < 1.29 is 9.53 Å². The molecule has 142 valence electrons. The Morgan fingerprint density at radius 2 is 1.92 bits per heavy atom. The highest BCUT2D eigenvalue weighted by Crippen LogP contribution is 2.21. The zero-order chi connectivity index (χ0) is 17.8. The lowest BCUT2D eigenvalue weighted by molar-refractivity contribution is 0.0684. The van der Waals surface area contributed by atoms with Crippen LogP contribution in [0, 0.1) is 12.8 Å². The second kappa shape index (κ2) is 9.00. The molecule has 0 atom stereocenters. The molecule has 1 amide bonds. The van der Waals surface area contributed by atoms with E-state index in [1.54, 1.807) is 11.8 Å². The van der Waals surface area contributed by atoms with Crippen LogP contribution in [0.4, 0.5) is 0 Å². The minimum absolute atomic E-state index is 0. The van der Waals surface area contributed by atoms with Crippen molar-refractivity contribution in [2.24, 2.45) is 5.92 Å². The Hall–Kier alpha value is -2.12. The third kappa shape index (κ3) is 4.16. The minimum atomic E-state index is -0.0276.